The van der Waals surface area contributed by atoms with E-state index in [4.69, 9.17) is 9.47 Å². The second-order valence-corrected chi connectivity index (χ2v) is 7.45. The fourth-order valence-corrected chi connectivity index (χ4v) is 3.41. The molecule has 8 heteroatoms. The van der Waals surface area contributed by atoms with E-state index in [0.29, 0.717) is 5.56 Å². The highest BCUT2D eigenvalue weighted by Crippen LogP contribution is 2.34. The van der Waals surface area contributed by atoms with Crippen molar-refractivity contribution in [2.45, 2.75) is 27.7 Å². The third-order valence-electron chi connectivity index (χ3n) is 3.69. The average molecular weight is 407 g/mol. The quantitative estimate of drug-likeness (QED) is 0.687. The topological polar surface area (TPSA) is 81.7 Å². The predicted molar refractivity (Wildman–Crippen MR) is 104 cm³/mol. The molecule has 0 aliphatic rings. The maximum atomic E-state index is 13.1. The van der Waals surface area contributed by atoms with Gasteiger partial charge in [-0.1, -0.05) is 13.8 Å². The summed E-state index contributed by atoms with van der Waals surface area (Å²) in [5.74, 6) is -2.05. The van der Waals surface area contributed by atoms with Gasteiger partial charge in [0.15, 0.2) is 0 Å². The first kappa shape index (κ1) is 21.6. The van der Waals surface area contributed by atoms with E-state index >= 15 is 0 Å². The van der Waals surface area contributed by atoms with Crippen molar-refractivity contribution in [2.75, 3.05) is 18.5 Å². The summed E-state index contributed by atoms with van der Waals surface area (Å²) in [6, 6.07) is 4.98. The number of halogens is 1. The van der Waals surface area contributed by atoms with Crippen LogP contribution in [0.4, 0.5) is 9.39 Å². The van der Waals surface area contributed by atoms with Gasteiger partial charge >= 0.3 is 11.9 Å². The lowest BCUT2D eigenvalue weighted by Gasteiger charge is -2.07. The Morgan fingerprint density at radius 1 is 1.11 bits per heavy atom. The maximum absolute atomic E-state index is 13.1. The van der Waals surface area contributed by atoms with Crippen molar-refractivity contribution >= 4 is 34.2 Å². The van der Waals surface area contributed by atoms with Crippen molar-refractivity contribution in [1.29, 1.82) is 0 Å². The van der Waals surface area contributed by atoms with Crippen LogP contribution in [0.2, 0.25) is 0 Å². The first-order valence-electron chi connectivity index (χ1n) is 8.79. The Balaban J connectivity index is 2.36. The Hall–Kier alpha value is -2.74. The zero-order valence-corrected chi connectivity index (χ0v) is 16.9. The molecular weight excluding hydrogens is 385 g/mol. The number of hydrogen-bond acceptors (Lipinski definition) is 6. The molecule has 0 unspecified atom stereocenters. The van der Waals surface area contributed by atoms with E-state index in [1.807, 2.05) is 13.8 Å². The highest BCUT2D eigenvalue weighted by Gasteiger charge is 2.27. The van der Waals surface area contributed by atoms with Gasteiger partial charge in [-0.15, -0.1) is 11.3 Å². The Morgan fingerprint density at radius 2 is 1.75 bits per heavy atom. The van der Waals surface area contributed by atoms with E-state index in [1.54, 1.807) is 13.8 Å². The molecule has 0 spiro atoms. The Morgan fingerprint density at radius 3 is 2.32 bits per heavy atom. The van der Waals surface area contributed by atoms with Crippen LogP contribution in [0.25, 0.3) is 0 Å². The van der Waals surface area contributed by atoms with Gasteiger partial charge in [0.25, 0.3) is 5.91 Å². The molecule has 0 bridgehead atoms. The summed E-state index contributed by atoms with van der Waals surface area (Å²) in [5, 5.41) is 2.80. The number of carbonyl (C=O) groups excluding carboxylic acids is 3. The molecule has 0 atom stereocenters. The van der Waals surface area contributed by atoms with Gasteiger partial charge in [-0.2, -0.15) is 0 Å². The van der Waals surface area contributed by atoms with Crippen LogP contribution >= 0.6 is 11.3 Å². The molecule has 150 valence electrons. The molecule has 2 aromatic rings. The molecule has 1 aromatic carbocycles. The second kappa shape index (κ2) is 9.45. The number of carbonyl (C=O) groups is 3. The number of ether oxygens (including phenoxy) is 2. The fraction of sp³-hybridized carbons (Fsp3) is 0.350. The van der Waals surface area contributed by atoms with Gasteiger partial charge in [0.2, 0.25) is 0 Å². The van der Waals surface area contributed by atoms with Crippen LogP contribution in [0, 0.1) is 18.7 Å². The number of thiophene rings is 1. The van der Waals surface area contributed by atoms with E-state index in [-0.39, 0.29) is 40.1 Å². The lowest BCUT2D eigenvalue weighted by Crippen LogP contribution is -2.15. The van der Waals surface area contributed by atoms with Crippen molar-refractivity contribution in [3.63, 3.8) is 0 Å². The number of hydrogen-bond donors (Lipinski definition) is 1. The minimum absolute atomic E-state index is 0.110. The Bertz CT molecular complexity index is 873. The molecule has 0 aliphatic carbocycles. The monoisotopic (exact) mass is 407 g/mol. The lowest BCUT2D eigenvalue weighted by molar-refractivity contribution is 0.0464. The summed E-state index contributed by atoms with van der Waals surface area (Å²) in [6.07, 6.45) is 0. The summed E-state index contributed by atoms with van der Waals surface area (Å²) >= 11 is 0.945. The summed E-state index contributed by atoms with van der Waals surface area (Å²) in [5.41, 5.74) is 0.705. The molecule has 0 saturated heterocycles. The number of nitrogens with one attached hydrogen (secondary N) is 1. The van der Waals surface area contributed by atoms with Gasteiger partial charge in [-0.05, 0) is 49.6 Å². The molecule has 0 radical (unpaired) electrons. The van der Waals surface area contributed by atoms with E-state index < -0.39 is 23.7 Å². The van der Waals surface area contributed by atoms with Crippen molar-refractivity contribution in [1.82, 2.24) is 0 Å². The Labute approximate surface area is 166 Å². The van der Waals surface area contributed by atoms with Crippen LogP contribution < -0.4 is 5.32 Å². The zero-order chi connectivity index (χ0) is 20.8. The third-order valence-corrected chi connectivity index (χ3v) is 4.88. The second-order valence-electron chi connectivity index (χ2n) is 6.43. The standard InChI is InChI=1S/C20H22FNO5S/c1-5-26-19(24)15-12(4)16(20(25)27-10-11(2)3)28-18(15)22-17(23)13-6-8-14(21)9-7-13/h6-9,11H,5,10H2,1-4H3,(H,22,23). The molecule has 28 heavy (non-hydrogen) atoms. The summed E-state index contributed by atoms with van der Waals surface area (Å²) < 4.78 is 23.4. The first-order valence-corrected chi connectivity index (χ1v) is 9.60. The lowest BCUT2D eigenvalue weighted by atomic mass is 10.1. The summed E-state index contributed by atoms with van der Waals surface area (Å²) in [7, 11) is 0. The zero-order valence-electron chi connectivity index (χ0n) is 16.1. The normalized spacial score (nSPS) is 10.6. The Kier molecular flexibility index (Phi) is 7.28. The molecule has 1 heterocycles. The highest BCUT2D eigenvalue weighted by molar-refractivity contribution is 7.18. The average Bonchev–Trinajstić information content (AvgIpc) is 2.96. The van der Waals surface area contributed by atoms with E-state index in [9.17, 15) is 18.8 Å². The molecule has 1 aromatic heterocycles. The SMILES string of the molecule is CCOC(=O)c1c(NC(=O)c2ccc(F)cc2)sc(C(=O)OCC(C)C)c1C. The highest BCUT2D eigenvalue weighted by atomic mass is 32.1. The van der Waals surface area contributed by atoms with Crippen LogP contribution in [-0.4, -0.2) is 31.1 Å². The fourth-order valence-electron chi connectivity index (χ4n) is 2.33. The van der Waals surface area contributed by atoms with Crippen LogP contribution in [0.3, 0.4) is 0 Å². The maximum Gasteiger partial charge on any atom is 0.348 e. The van der Waals surface area contributed by atoms with Gasteiger partial charge in [0, 0.05) is 5.56 Å². The molecule has 2 rings (SSSR count). The largest absolute Gasteiger partial charge is 0.462 e. The number of benzene rings is 1. The van der Waals surface area contributed by atoms with Gasteiger partial charge in [-0.25, -0.2) is 14.0 Å². The predicted octanol–water partition coefficient (Wildman–Crippen LogP) is 4.44. The van der Waals surface area contributed by atoms with Crippen LogP contribution in [-0.2, 0) is 9.47 Å². The van der Waals surface area contributed by atoms with Crippen LogP contribution in [0.15, 0.2) is 24.3 Å². The van der Waals surface area contributed by atoms with Crippen LogP contribution in [0.5, 0.6) is 0 Å². The molecule has 1 amide bonds. The number of anilines is 1. The molecule has 0 aliphatic heterocycles. The molecule has 6 nitrogen and oxygen atoms in total. The van der Waals surface area contributed by atoms with E-state index in [1.165, 1.54) is 12.1 Å². The van der Waals surface area contributed by atoms with Gasteiger partial charge < -0.3 is 14.8 Å². The number of amides is 1. The first-order chi connectivity index (χ1) is 13.2. The summed E-state index contributed by atoms with van der Waals surface area (Å²) in [4.78, 5) is 37.5. The molecular formula is C20H22FNO5S. The van der Waals surface area contributed by atoms with Gasteiger partial charge in [-0.3, -0.25) is 4.79 Å². The molecule has 0 fully saturated rings. The number of rotatable bonds is 7. The van der Waals surface area contributed by atoms with E-state index in [2.05, 4.69) is 5.32 Å². The van der Waals surface area contributed by atoms with Crippen molar-refractivity contribution in [3.8, 4) is 0 Å². The van der Waals surface area contributed by atoms with Gasteiger partial charge in [0.05, 0.1) is 18.8 Å². The minimum atomic E-state index is -0.645. The smallest absolute Gasteiger partial charge is 0.348 e. The summed E-state index contributed by atoms with van der Waals surface area (Å²) in [6.45, 7) is 7.46. The third kappa shape index (κ3) is 5.16. The molecule has 1 N–H and O–H groups in total. The van der Waals surface area contributed by atoms with Gasteiger partial charge in [0.1, 0.15) is 15.7 Å². The van der Waals surface area contributed by atoms with E-state index in [0.717, 1.165) is 23.5 Å². The minimum Gasteiger partial charge on any atom is -0.462 e. The van der Waals surface area contributed by atoms with Crippen molar-refractivity contribution in [3.05, 3.63) is 51.7 Å². The number of esters is 2. The van der Waals surface area contributed by atoms with Crippen LogP contribution in [0.1, 0.15) is 56.7 Å². The molecule has 0 saturated carbocycles. The van der Waals surface area contributed by atoms with Crippen molar-refractivity contribution < 1.29 is 28.2 Å². The van der Waals surface area contributed by atoms with Crippen molar-refractivity contribution in [2.24, 2.45) is 5.92 Å².